The first-order valence-electron chi connectivity index (χ1n) is 8.96. The Morgan fingerprint density at radius 3 is 2.45 bits per heavy atom. The Balaban J connectivity index is 1.87. The molecule has 1 saturated carbocycles. The Morgan fingerprint density at radius 1 is 1.05 bits per heavy atom. The van der Waals surface area contributed by atoms with E-state index in [4.69, 9.17) is 0 Å². The summed E-state index contributed by atoms with van der Waals surface area (Å²) in [6, 6.07) is 0.774. The van der Waals surface area contributed by atoms with Crippen molar-refractivity contribution in [1.82, 2.24) is 10.2 Å². The highest BCUT2D eigenvalue weighted by Crippen LogP contribution is 2.34. The molecule has 0 radical (unpaired) electrons. The molecular weight excluding hydrogens is 244 g/mol. The quantitative estimate of drug-likeness (QED) is 0.785. The number of hydrogen-bond donors (Lipinski definition) is 1. The van der Waals surface area contributed by atoms with E-state index in [2.05, 4.69) is 37.9 Å². The number of rotatable bonds is 4. The second-order valence-corrected chi connectivity index (χ2v) is 8.17. The van der Waals surface area contributed by atoms with Crippen molar-refractivity contribution in [3.05, 3.63) is 0 Å². The third kappa shape index (κ3) is 4.46. The van der Waals surface area contributed by atoms with Gasteiger partial charge in [0.25, 0.3) is 0 Å². The van der Waals surface area contributed by atoms with Crippen LogP contribution < -0.4 is 5.32 Å². The molecule has 1 saturated heterocycles. The maximum absolute atomic E-state index is 3.76. The van der Waals surface area contributed by atoms with Crippen molar-refractivity contribution in [1.29, 1.82) is 0 Å². The number of hydrogen-bond acceptors (Lipinski definition) is 2. The molecule has 0 aromatic heterocycles. The molecule has 118 valence electrons. The van der Waals surface area contributed by atoms with Gasteiger partial charge in [-0.3, -0.25) is 0 Å². The van der Waals surface area contributed by atoms with Gasteiger partial charge in [-0.25, -0.2) is 0 Å². The van der Waals surface area contributed by atoms with Gasteiger partial charge < -0.3 is 10.2 Å². The van der Waals surface area contributed by atoms with Gasteiger partial charge in [-0.2, -0.15) is 0 Å². The first kappa shape index (κ1) is 16.3. The molecule has 20 heavy (non-hydrogen) atoms. The average Bonchev–Trinajstić information content (AvgIpc) is 2.74. The van der Waals surface area contributed by atoms with E-state index < -0.39 is 0 Å². The van der Waals surface area contributed by atoms with Crippen LogP contribution in [0, 0.1) is 17.3 Å². The molecule has 1 heterocycles. The van der Waals surface area contributed by atoms with Crippen LogP contribution in [0.5, 0.6) is 0 Å². The minimum absolute atomic E-state index is 0.485. The fourth-order valence-electron chi connectivity index (χ4n) is 4.17. The van der Waals surface area contributed by atoms with Crippen molar-refractivity contribution < 1.29 is 0 Å². The fraction of sp³-hybridized carbons (Fsp3) is 1.00. The molecule has 0 bridgehead atoms. The van der Waals surface area contributed by atoms with Crippen LogP contribution in [0.15, 0.2) is 0 Å². The van der Waals surface area contributed by atoms with Crippen molar-refractivity contribution in [2.24, 2.45) is 17.3 Å². The van der Waals surface area contributed by atoms with Crippen LogP contribution in [0.1, 0.15) is 66.2 Å². The minimum atomic E-state index is 0.485. The maximum Gasteiger partial charge on any atom is 0.0107 e. The Bertz CT molecular complexity index is 282. The lowest BCUT2D eigenvalue weighted by Crippen LogP contribution is -2.41. The highest BCUT2D eigenvalue weighted by molar-refractivity contribution is 4.87. The zero-order valence-corrected chi connectivity index (χ0v) is 14.3. The van der Waals surface area contributed by atoms with Crippen LogP contribution >= 0.6 is 0 Å². The molecular formula is C18H36N2. The van der Waals surface area contributed by atoms with E-state index in [0.29, 0.717) is 5.41 Å². The molecule has 2 aliphatic rings. The van der Waals surface area contributed by atoms with Gasteiger partial charge in [0.15, 0.2) is 0 Å². The van der Waals surface area contributed by atoms with Gasteiger partial charge in [-0.1, -0.05) is 47.0 Å². The smallest absolute Gasteiger partial charge is 0.0107 e. The molecule has 0 aromatic rings. The first-order valence-corrected chi connectivity index (χ1v) is 8.96. The van der Waals surface area contributed by atoms with Gasteiger partial charge in [-0.05, 0) is 49.6 Å². The lowest BCUT2D eigenvalue weighted by molar-refractivity contribution is 0.193. The van der Waals surface area contributed by atoms with E-state index in [1.165, 1.54) is 58.2 Å². The monoisotopic (exact) mass is 280 g/mol. The Hall–Kier alpha value is -0.0800. The number of nitrogens with one attached hydrogen (secondary N) is 1. The summed E-state index contributed by atoms with van der Waals surface area (Å²) >= 11 is 0. The van der Waals surface area contributed by atoms with Crippen LogP contribution in [0.3, 0.4) is 0 Å². The molecule has 1 aliphatic carbocycles. The summed E-state index contributed by atoms with van der Waals surface area (Å²) in [5.74, 6) is 1.78. The van der Waals surface area contributed by atoms with Crippen LogP contribution in [0.25, 0.3) is 0 Å². The van der Waals surface area contributed by atoms with E-state index >= 15 is 0 Å². The van der Waals surface area contributed by atoms with E-state index in [1.807, 2.05) is 0 Å². The third-order valence-electron chi connectivity index (χ3n) is 5.62. The molecule has 1 N–H and O–H groups in total. The lowest BCUT2D eigenvalue weighted by Gasteiger charge is -2.31. The molecule has 1 aliphatic heterocycles. The summed E-state index contributed by atoms with van der Waals surface area (Å²) in [5, 5.41) is 3.76. The second-order valence-electron chi connectivity index (χ2n) is 8.17. The largest absolute Gasteiger partial charge is 0.314 e. The van der Waals surface area contributed by atoms with Gasteiger partial charge in [0.2, 0.25) is 0 Å². The van der Waals surface area contributed by atoms with Crippen LogP contribution in [-0.2, 0) is 0 Å². The zero-order chi connectivity index (χ0) is 14.6. The predicted molar refractivity (Wildman–Crippen MR) is 88.0 cm³/mol. The van der Waals surface area contributed by atoms with Crippen molar-refractivity contribution in [3.8, 4) is 0 Å². The van der Waals surface area contributed by atoms with E-state index in [0.717, 1.165) is 24.4 Å². The second kappa shape index (κ2) is 7.26. The first-order chi connectivity index (χ1) is 9.50. The molecule has 0 aromatic carbocycles. The molecule has 0 spiro atoms. The minimum Gasteiger partial charge on any atom is -0.314 e. The topological polar surface area (TPSA) is 15.3 Å². The SMILES string of the molecule is CCNC1CCCCCC1CN1CCC(C(C)(C)C)C1. The van der Waals surface area contributed by atoms with Crippen LogP contribution in [0.2, 0.25) is 0 Å². The zero-order valence-electron chi connectivity index (χ0n) is 14.3. The van der Waals surface area contributed by atoms with Gasteiger partial charge in [0.1, 0.15) is 0 Å². The highest BCUT2D eigenvalue weighted by Gasteiger charge is 2.33. The van der Waals surface area contributed by atoms with Crippen molar-refractivity contribution in [2.75, 3.05) is 26.2 Å². The standard InChI is InChI=1S/C18H36N2/c1-5-19-17-10-8-6-7-9-15(17)13-20-12-11-16(14-20)18(2,3)4/h15-17,19H,5-14H2,1-4H3. The molecule has 0 amide bonds. The Kier molecular flexibility index (Phi) is 5.92. The maximum atomic E-state index is 3.76. The normalized spacial score (nSPS) is 33.3. The van der Waals surface area contributed by atoms with Crippen LogP contribution in [-0.4, -0.2) is 37.1 Å². The third-order valence-corrected chi connectivity index (χ3v) is 5.62. The van der Waals surface area contributed by atoms with E-state index in [1.54, 1.807) is 0 Å². The van der Waals surface area contributed by atoms with Crippen molar-refractivity contribution in [2.45, 2.75) is 72.3 Å². The fourth-order valence-corrected chi connectivity index (χ4v) is 4.17. The van der Waals surface area contributed by atoms with Crippen molar-refractivity contribution >= 4 is 0 Å². The molecule has 2 fully saturated rings. The molecule has 2 nitrogen and oxygen atoms in total. The Labute approximate surface area is 126 Å². The van der Waals surface area contributed by atoms with Gasteiger partial charge in [0.05, 0.1) is 0 Å². The molecule has 2 rings (SSSR count). The van der Waals surface area contributed by atoms with Gasteiger partial charge >= 0.3 is 0 Å². The number of nitrogens with zero attached hydrogens (tertiary/aromatic N) is 1. The lowest BCUT2D eigenvalue weighted by atomic mass is 9.80. The van der Waals surface area contributed by atoms with Gasteiger partial charge in [-0.15, -0.1) is 0 Å². The van der Waals surface area contributed by atoms with E-state index in [9.17, 15) is 0 Å². The van der Waals surface area contributed by atoms with E-state index in [-0.39, 0.29) is 0 Å². The number of likely N-dealkylation sites (tertiary alicyclic amines) is 1. The molecule has 3 unspecified atom stereocenters. The summed E-state index contributed by atoms with van der Waals surface area (Å²) in [5.41, 5.74) is 0.485. The summed E-state index contributed by atoms with van der Waals surface area (Å²) in [6.45, 7) is 14.6. The summed E-state index contributed by atoms with van der Waals surface area (Å²) in [4.78, 5) is 2.76. The summed E-state index contributed by atoms with van der Waals surface area (Å²) in [7, 11) is 0. The molecule has 2 heteroatoms. The summed E-state index contributed by atoms with van der Waals surface area (Å²) < 4.78 is 0. The Morgan fingerprint density at radius 2 is 1.80 bits per heavy atom. The van der Waals surface area contributed by atoms with Crippen LogP contribution in [0.4, 0.5) is 0 Å². The average molecular weight is 281 g/mol. The van der Waals surface area contributed by atoms with Gasteiger partial charge in [0, 0.05) is 19.1 Å². The summed E-state index contributed by atoms with van der Waals surface area (Å²) in [6.07, 6.45) is 8.57. The highest BCUT2D eigenvalue weighted by atomic mass is 15.2. The molecule has 3 atom stereocenters. The predicted octanol–water partition coefficient (Wildman–Crippen LogP) is 3.91. The van der Waals surface area contributed by atoms with Crippen molar-refractivity contribution in [3.63, 3.8) is 0 Å².